The monoisotopic (exact) mass is 203 g/mol. The minimum absolute atomic E-state index is 0.0214. The highest BCUT2D eigenvalue weighted by Crippen LogP contribution is 2.30. The van der Waals surface area contributed by atoms with E-state index in [0.717, 1.165) is 12.8 Å². The lowest BCUT2D eigenvalue weighted by Gasteiger charge is -2.17. The van der Waals surface area contributed by atoms with Gasteiger partial charge in [0.25, 0.3) is 0 Å². The van der Waals surface area contributed by atoms with E-state index in [0.29, 0.717) is 18.4 Å². The van der Waals surface area contributed by atoms with E-state index in [1.54, 1.807) is 0 Å². The van der Waals surface area contributed by atoms with E-state index in [4.69, 9.17) is 5.11 Å². The first kappa shape index (κ1) is 10.9. The van der Waals surface area contributed by atoms with E-state index in [2.05, 4.69) is 17.9 Å². The van der Waals surface area contributed by atoms with Crippen molar-refractivity contribution in [2.24, 2.45) is 11.8 Å². The van der Waals surface area contributed by atoms with Crippen LogP contribution in [-0.2, 0) is 4.79 Å². The van der Waals surface area contributed by atoms with Gasteiger partial charge in [0.15, 0.2) is 0 Å². The number of hydrogen-bond donors (Lipinski definition) is 3. The third-order valence-corrected chi connectivity index (χ3v) is 3.04. The van der Waals surface area contributed by atoms with E-state index < -0.39 is 0 Å². The Morgan fingerprint density at radius 2 is 2.15 bits per heavy atom. The second-order valence-corrected chi connectivity index (χ2v) is 3.91. The summed E-state index contributed by atoms with van der Waals surface area (Å²) >= 11 is 3.88. The van der Waals surface area contributed by atoms with Crippen molar-refractivity contribution < 1.29 is 9.90 Å². The lowest BCUT2D eigenvalue weighted by atomic mass is 9.97. The van der Waals surface area contributed by atoms with E-state index in [1.165, 1.54) is 6.42 Å². The van der Waals surface area contributed by atoms with Crippen LogP contribution in [0.5, 0.6) is 0 Å². The van der Waals surface area contributed by atoms with Crippen LogP contribution in [0.1, 0.15) is 19.3 Å². The average molecular weight is 203 g/mol. The number of thiol groups is 1. The molecule has 0 bridgehead atoms. The molecule has 4 heteroatoms. The van der Waals surface area contributed by atoms with Crippen LogP contribution in [0.25, 0.3) is 0 Å². The molecule has 1 fully saturated rings. The molecule has 13 heavy (non-hydrogen) atoms. The van der Waals surface area contributed by atoms with Gasteiger partial charge in [-0.1, -0.05) is 6.42 Å². The van der Waals surface area contributed by atoms with Gasteiger partial charge < -0.3 is 10.4 Å². The number of rotatable bonds is 4. The molecule has 1 aliphatic carbocycles. The first-order valence-corrected chi connectivity index (χ1v) is 5.39. The van der Waals surface area contributed by atoms with E-state index in [9.17, 15) is 4.79 Å². The SMILES string of the molecule is O=C(CS)NCC1CCCC1CO. The van der Waals surface area contributed by atoms with Gasteiger partial charge in [-0.2, -0.15) is 12.6 Å². The van der Waals surface area contributed by atoms with Gasteiger partial charge in [-0.05, 0) is 24.7 Å². The van der Waals surface area contributed by atoms with Crippen LogP contribution in [0.15, 0.2) is 0 Å². The predicted molar refractivity (Wildman–Crippen MR) is 54.8 cm³/mol. The molecule has 0 aromatic heterocycles. The highest BCUT2D eigenvalue weighted by atomic mass is 32.1. The van der Waals surface area contributed by atoms with Gasteiger partial charge in [-0.15, -0.1) is 0 Å². The Kier molecular flexibility index (Phi) is 4.59. The third-order valence-electron chi connectivity index (χ3n) is 2.76. The molecular weight excluding hydrogens is 186 g/mol. The molecule has 0 aliphatic heterocycles. The van der Waals surface area contributed by atoms with Crippen molar-refractivity contribution in [1.82, 2.24) is 5.32 Å². The zero-order valence-electron chi connectivity index (χ0n) is 7.70. The predicted octanol–water partition coefficient (Wildman–Crippen LogP) is 0.441. The minimum atomic E-state index is -0.0214. The van der Waals surface area contributed by atoms with Crippen molar-refractivity contribution in [3.05, 3.63) is 0 Å². The summed E-state index contributed by atoms with van der Waals surface area (Å²) < 4.78 is 0. The van der Waals surface area contributed by atoms with Crippen LogP contribution >= 0.6 is 12.6 Å². The number of amides is 1. The molecule has 1 rings (SSSR count). The van der Waals surface area contributed by atoms with Crippen LogP contribution in [0.2, 0.25) is 0 Å². The van der Waals surface area contributed by atoms with Gasteiger partial charge >= 0.3 is 0 Å². The fraction of sp³-hybridized carbons (Fsp3) is 0.889. The van der Waals surface area contributed by atoms with Gasteiger partial charge in [0.1, 0.15) is 0 Å². The summed E-state index contributed by atoms with van der Waals surface area (Å²) in [5.41, 5.74) is 0. The van der Waals surface area contributed by atoms with Crippen molar-refractivity contribution in [3.8, 4) is 0 Å². The highest BCUT2D eigenvalue weighted by Gasteiger charge is 2.26. The van der Waals surface area contributed by atoms with Crippen LogP contribution < -0.4 is 5.32 Å². The molecule has 0 aromatic carbocycles. The maximum atomic E-state index is 10.9. The first-order chi connectivity index (χ1) is 6.27. The maximum Gasteiger partial charge on any atom is 0.229 e. The topological polar surface area (TPSA) is 49.3 Å². The first-order valence-electron chi connectivity index (χ1n) is 4.76. The van der Waals surface area contributed by atoms with Crippen LogP contribution in [-0.4, -0.2) is 29.9 Å². The summed E-state index contributed by atoms with van der Waals surface area (Å²) in [6.45, 7) is 0.950. The maximum absolute atomic E-state index is 10.9. The summed E-state index contributed by atoms with van der Waals surface area (Å²) in [5.74, 6) is 1.08. The molecule has 1 aliphatic rings. The van der Waals surface area contributed by atoms with Gasteiger partial charge in [0.05, 0.1) is 5.75 Å². The lowest BCUT2D eigenvalue weighted by Crippen LogP contribution is -2.32. The summed E-state index contributed by atoms with van der Waals surface area (Å²) in [6.07, 6.45) is 3.39. The molecule has 1 saturated carbocycles. The van der Waals surface area contributed by atoms with Gasteiger partial charge in [0.2, 0.25) is 5.91 Å². The van der Waals surface area contributed by atoms with E-state index in [-0.39, 0.29) is 18.3 Å². The molecule has 0 heterocycles. The number of carbonyl (C=O) groups is 1. The van der Waals surface area contributed by atoms with E-state index >= 15 is 0 Å². The zero-order valence-corrected chi connectivity index (χ0v) is 8.59. The fourth-order valence-corrected chi connectivity index (χ4v) is 2.04. The number of carbonyl (C=O) groups excluding carboxylic acids is 1. The van der Waals surface area contributed by atoms with Gasteiger partial charge in [-0.25, -0.2) is 0 Å². The number of nitrogens with one attached hydrogen (secondary N) is 1. The second kappa shape index (κ2) is 5.50. The van der Waals surface area contributed by atoms with Crippen molar-refractivity contribution in [3.63, 3.8) is 0 Å². The molecule has 0 aromatic rings. The normalized spacial score (nSPS) is 27.5. The summed E-state index contributed by atoms with van der Waals surface area (Å²) in [4.78, 5) is 10.9. The summed E-state index contributed by atoms with van der Waals surface area (Å²) in [7, 11) is 0. The van der Waals surface area contributed by atoms with Gasteiger partial charge in [-0.3, -0.25) is 4.79 Å². The molecule has 2 unspecified atom stereocenters. The smallest absolute Gasteiger partial charge is 0.229 e. The number of hydrogen-bond acceptors (Lipinski definition) is 3. The Morgan fingerprint density at radius 3 is 2.77 bits per heavy atom. The molecular formula is C9H17NO2S. The molecule has 2 N–H and O–H groups in total. The molecule has 0 saturated heterocycles. The molecule has 0 radical (unpaired) electrons. The summed E-state index contributed by atoms with van der Waals surface area (Å²) in [6, 6.07) is 0. The fourth-order valence-electron chi connectivity index (χ4n) is 1.92. The molecule has 76 valence electrons. The Morgan fingerprint density at radius 1 is 1.46 bits per heavy atom. The second-order valence-electron chi connectivity index (χ2n) is 3.60. The standard InChI is InChI=1S/C9H17NO2S/c11-5-8-3-1-2-7(8)4-10-9(12)6-13/h7-8,11,13H,1-6H2,(H,10,12). The quantitative estimate of drug-likeness (QED) is 0.581. The Hall–Kier alpha value is -0.220. The van der Waals surface area contributed by atoms with Crippen LogP contribution in [0.4, 0.5) is 0 Å². The molecule has 0 spiro atoms. The van der Waals surface area contributed by atoms with E-state index in [1.807, 2.05) is 0 Å². The van der Waals surface area contributed by atoms with Crippen molar-refractivity contribution >= 4 is 18.5 Å². The van der Waals surface area contributed by atoms with Gasteiger partial charge in [0, 0.05) is 13.2 Å². The van der Waals surface area contributed by atoms with Crippen LogP contribution in [0.3, 0.4) is 0 Å². The zero-order chi connectivity index (χ0) is 9.68. The largest absolute Gasteiger partial charge is 0.396 e. The highest BCUT2D eigenvalue weighted by molar-refractivity contribution is 7.81. The van der Waals surface area contributed by atoms with Crippen molar-refractivity contribution in [2.45, 2.75) is 19.3 Å². The lowest BCUT2D eigenvalue weighted by molar-refractivity contribution is -0.118. The summed E-state index contributed by atoms with van der Waals surface area (Å²) in [5, 5.41) is 11.8. The number of aliphatic hydroxyl groups excluding tert-OH is 1. The van der Waals surface area contributed by atoms with Crippen molar-refractivity contribution in [1.29, 1.82) is 0 Å². The third kappa shape index (κ3) is 3.19. The Bertz CT molecular complexity index is 175. The molecule has 1 amide bonds. The Balaban J connectivity index is 2.23. The Labute approximate surface area is 84.3 Å². The minimum Gasteiger partial charge on any atom is -0.396 e. The molecule has 2 atom stereocenters. The molecule has 3 nitrogen and oxygen atoms in total. The van der Waals surface area contributed by atoms with Crippen LogP contribution in [0, 0.1) is 11.8 Å². The van der Waals surface area contributed by atoms with Crippen molar-refractivity contribution in [2.75, 3.05) is 18.9 Å². The average Bonchev–Trinajstić information content (AvgIpc) is 2.61. The number of aliphatic hydroxyl groups is 1.